The molecule has 0 atom stereocenters. The molecule has 1 aromatic carbocycles. The third-order valence-corrected chi connectivity index (χ3v) is 4.75. The van der Waals surface area contributed by atoms with Gasteiger partial charge in [0.1, 0.15) is 28.1 Å². The molecule has 0 spiro atoms. The first-order chi connectivity index (χ1) is 12.6. The van der Waals surface area contributed by atoms with Gasteiger partial charge in [0, 0.05) is 37.6 Å². The predicted molar refractivity (Wildman–Crippen MR) is 93.7 cm³/mol. The molecular formula is C18H14ClF3N4. The topological polar surface area (TPSA) is 41.9 Å². The van der Waals surface area contributed by atoms with Crippen LogP contribution in [0.5, 0.6) is 0 Å². The monoisotopic (exact) mass is 378 g/mol. The summed E-state index contributed by atoms with van der Waals surface area (Å²) in [6.45, 7) is 1.40. The summed E-state index contributed by atoms with van der Waals surface area (Å²) >= 11 is 6.31. The fourth-order valence-electron chi connectivity index (χ4n) is 3.37. The van der Waals surface area contributed by atoms with Gasteiger partial charge in [-0.25, -0.2) is 28.1 Å². The lowest BCUT2D eigenvalue weighted by molar-refractivity contribution is 0.547. The maximum atomic E-state index is 14.5. The molecule has 4 rings (SSSR count). The highest BCUT2D eigenvalue weighted by Gasteiger charge is 2.27. The molecule has 8 heteroatoms. The van der Waals surface area contributed by atoms with Crippen LogP contribution in [0.4, 0.5) is 18.9 Å². The molecule has 4 nitrogen and oxygen atoms in total. The van der Waals surface area contributed by atoms with Crippen molar-refractivity contribution in [2.75, 3.05) is 18.0 Å². The summed E-state index contributed by atoms with van der Waals surface area (Å²) in [6.07, 6.45) is 5.93. The number of fused-ring (bicyclic) bond motifs is 1. The van der Waals surface area contributed by atoms with Gasteiger partial charge in [-0.2, -0.15) is 0 Å². The van der Waals surface area contributed by atoms with E-state index in [-0.39, 0.29) is 10.7 Å². The molecule has 0 unspecified atom stereocenters. The zero-order valence-electron chi connectivity index (χ0n) is 13.6. The summed E-state index contributed by atoms with van der Waals surface area (Å²) in [6, 6.07) is 1.27. The second kappa shape index (κ2) is 6.72. The molecule has 26 heavy (non-hydrogen) atoms. The third kappa shape index (κ3) is 2.86. The molecule has 1 fully saturated rings. The van der Waals surface area contributed by atoms with E-state index in [9.17, 15) is 13.2 Å². The standard InChI is InChI=1S/C18H14ClF3N4/c19-17-14(13-11(21)8-10(20)9-12(13)22)16(26-6-2-1-3-7-26)15-18(25-17)24-5-4-23-15/h4-5,8-9H,1-3,6-7H2. The molecular weight excluding hydrogens is 365 g/mol. The number of halogens is 4. The average Bonchev–Trinajstić information content (AvgIpc) is 2.62. The largest absolute Gasteiger partial charge is 0.369 e. The molecule has 3 aromatic rings. The van der Waals surface area contributed by atoms with E-state index in [1.54, 1.807) is 0 Å². The third-order valence-electron chi connectivity index (χ3n) is 4.48. The molecule has 1 aliphatic heterocycles. The van der Waals surface area contributed by atoms with Gasteiger partial charge in [-0.15, -0.1) is 0 Å². The van der Waals surface area contributed by atoms with Crippen LogP contribution in [0.1, 0.15) is 19.3 Å². The summed E-state index contributed by atoms with van der Waals surface area (Å²) in [5, 5.41) is -0.0945. The molecule has 0 radical (unpaired) electrons. The Morgan fingerprint density at radius 1 is 0.885 bits per heavy atom. The number of nitrogens with zero attached hydrogens (tertiary/aromatic N) is 4. The van der Waals surface area contributed by atoms with Gasteiger partial charge in [-0.1, -0.05) is 11.6 Å². The molecule has 0 saturated carbocycles. The molecule has 0 bridgehead atoms. The van der Waals surface area contributed by atoms with Crippen LogP contribution in [0.25, 0.3) is 22.3 Å². The summed E-state index contributed by atoms with van der Waals surface area (Å²) in [5.74, 6) is -3.06. The first-order valence-electron chi connectivity index (χ1n) is 8.26. The van der Waals surface area contributed by atoms with Crippen molar-refractivity contribution in [3.05, 3.63) is 47.1 Å². The fourth-order valence-corrected chi connectivity index (χ4v) is 3.64. The van der Waals surface area contributed by atoms with Crippen LogP contribution in [0.2, 0.25) is 5.15 Å². The summed E-state index contributed by atoms with van der Waals surface area (Å²) in [4.78, 5) is 14.6. The van der Waals surface area contributed by atoms with Crippen molar-refractivity contribution in [3.63, 3.8) is 0 Å². The lowest BCUT2D eigenvalue weighted by atomic mass is 10.0. The molecule has 0 aliphatic carbocycles. The van der Waals surface area contributed by atoms with E-state index in [4.69, 9.17) is 11.6 Å². The average molecular weight is 379 g/mol. The second-order valence-electron chi connectivity index (χ2n) is 6.15. The number of hydrogen-bond acceptors (Lipinski definition) is 4. The van der Waals surface area contributed by atoms with Crippen LogP contribution in [-0.4, -0.2) is 28.0 Å². The number of aromatic nitrogens is 3. The highest BCUT2D eigenvalue weighted by atomic mass is 35.5. The van der Waals surface area contributed by atoms with Crippen LogP contribution in [0.15, 0.2) is 24.5 Å². The fraction of sp³-hybridized carbons (Fsp3) is 0.278. The lowest BCUT2D eigenvalue weighted by Gasteiger charge is -2.31. The maximum Gasteiger partial charge on any atom is 0.181 e. The first kappa shape index (κ1) is 17.0. The van der Waals surface area contributed by atoms with Gasteiger partial charge in [0.25, 0.3) is 0 Å². The van der Waals surface area contributed by atoms with Crippen molar-refractivity contribution < 1.29 is 13.2 Å². The van der Waals surface area contributed by atoms with Gasteiger partial charge in [0.15, 0.2) is 5.65 Å². The highest BCUT2D eigenvalue weighted by Crippen LogP contribution is 2.43. The molecule has 0 amide bonds. The molecule has 1 saturated heterocycles. The smallest absolute Gasteiger partial charge is 0.181 e. The van der Waals surface area contributed by atoms with E-state index < -0.39 is 23.0 Å². The Bertz CT molecular complexity index is 967. The van der Waals surface area contributed by atoms with Crippen molar-refractivity contribution >= 4 is 28.5 Å². The summed E-state index contributed by atoms with van der Waals surface area (Å²) < 4.78 is 42.4. The van der Waals surface area contributed by atoms with E-state index in [1.165, 1.54) is 12.4 Å². The van der Waals surface area contributed by atoms with E-state index in [1.807, 2.05) is 4.90 Å². The predicted octanol–water partition coefficient (Wildman–Crippen LogP) is 4.75. The van der Waals surface area contributed by atoms with Gasteiger partial charge in [-0.05, 0) is 19.3 Å². The Balaban J connectivity index is 2.07. The van der Waals surface area contributed by atoms with Crippen LogP contribution in [-0.2, 0) is 0 Å². The van der Waals surface area contributed by atoms with Crippen LogP contribution >= 0.6 is 11.6 Å². The van der Waals surface area contributed by atoms with E-state index in [0.717, 1.165) is 19.3 Å². The van der Waals surface area contributed by atoms with Crippen molar-refractivity contribution in [3.8, 4) is 11.1 Å². The summed E-state index contributed by atoms with van der Waals surface area (Å²) in [7, 11) is 0. The van der Waals surface area contributed by atoms with Gasteiger partial charge in [-0.3, -0.25) is 0 Å². The quantitative estimate of drug-likeness (QED) is 0.603. The zero-order valence-corrected chi connectivity index (χ0v) is 14.4. The zero-order chi connectivity index (χ0) is 18.3. The number of anilines is 1. The maximum absolute atomic E-state index is 14.5. The minimum Gasteiger partial charge on any atom is -0.369 e. The van der Waals surface area contributed by atoms with Crippen molar-refractivity contribution in [2.24, 2.45) is 0 Å². The normalized spacial score (nSPS) is 14.8. The van der Waals surface area contributed by atoms with Crippen LogP contribution in [0.3, 0.4) is 0 Å². The number of hydrogen-bond donors (Lipinski definition) is 0. The lowest BCUT2D eigenvalue weighted by Crippen LogP contribution is -2.30. The van der Waals surface area contributed by atoms with E-state index in [2.05, 4.69) is 15.0 Å². The Hall–Kier alpha value is -2.41. The highest BCUT2D eigenvalue weighted by molar-refractivity contribution is 6.33. The van der Waals surface area contributed by atoms with Crippen LogP contribution < -0.4 is 4.90 Å². The SMILES string of the molecule is Fc1cc(F)c(-c2c(Cl)nc3nccnc3c2N2CCCCC2)c(F)c1. The van der Waals surface area contributed by atoms with E-state index in [0.29, 0.717) is 42.1 Å². The number of rotatable bonds is 2. The first-order valence-corrected chi connectivity index (χ1v) is 8.64. The Kier molecular flexibility index (Phi) is 4.40. The number of benzene rings is 1. The Morgan fingerprint density at radius 2 is 1.54 bits per heavy atom. The van der Waals surface area contributed by atoms with Crippen LogP contribution in [0, 0.1) is 17.5 Å². The minimum atomic E-state index is -1.03. The van der Waals surface area contributed by atoms with Crippen molar-refractivity contribution in [1.82, 2.24) is 15.0 Å². The van der Waals surface area contributed by atoms with Crippen molar-refractivity contribution in [1.29, 1.82) is 0 Å². The van der Waals surface area contributed by atoms with Gasteiger partial charge >= 0.3 is 0 Å². The Labute approximate surface area is 152 Å². The summed E-state index contributed by atoms with van der Waals surface area (Å²) in [5.41, 5.74) is 0.868. The number of pyridine rings is 1. The molecule has 3 heterocycles. The second-order valence-corrected chi connectivity index (χ2v) is 6.50. The minimum absolute atomic E-state index is 0.0802. The molecule has 134 valence electrons. The van der Waals surface area contributed by atoms with Gasteiger partial charge < -0.3 is 4.90 Å². The molecule has 1 aliphatic rings. The molecule has 0 N–H and O–H groups in total. The number of piperidine rings is 1. The van der Waals surface area contributed by atoms with Crippen molar-refractivity contribution in [2.45, 2.75) is 19.3 Å². The Morgan fingerprint density at radius 3 is 2.23 bits per heavy atom. The van der Waals surface area contributed by atoms with Gasteiger partial charge in [0.2, 0.25) is 0 Å². The van der Waals surface area contributed by atoms with Gasteiger partial charge in [0.05, 0.1) is 16.8 Å². The van der Waals surface area contributed by atoms with E-state index >= 15 is 0 Å². The molecule has 2 aromatic heterocycles.